The molecule has 2 aromatic rings. The van der Waals surface area contributed by atoms with Gasteiger partial charge in [0.15, 0.2) is 14.9 Å². The van der Waals surface area contributed by atoms with Gasteiger partial charge in [0.05, 0.1) is 16.6 Å². The van der Waals surface area contributed by atoms with Crippen molar-refractivity contribution in [1.29, 1.82) is 0 Å². The third-order valence-electron chi connectivity index (χ3n) is 6.20. The minimum Gasteiger partial charge on any atom is -0.347 e. The second kappa shape index (κ2) is 9.58. The summed E-state index contributed by atoms with van der Waals surface area (Å²) in [4.78, 5) is 31.7. The SMILES string of the molecule is CS(=O)(=O)c1ccc(C(=O)N2CCCC[C@@H]2C(=O)NC(c2cc(F)c(Cl)cc2F)C2CC2)cn1. The Morgan fingerprint density at radius 1 is 1.15 bits per heavy atom. The molecule has 182 valence electrons. The molecule has 1 N–H and O–H groups in total. The van der Waals surface area contributed by atoms with Crippen molar-refractivity contribution in [2.24, 2.45) is 5.92 Å². The molecule has 2 fully saturated rings. The molecule has 2 amide bonds. The average molecular weight is 512 g/mol. The largest absolute Gasteiger partial charge is 0.347 e. The van der Waals surface area contributed by atoms with Crippen LogP contribution < -0.4 is 5.32 Å². The van der Waals surface area contributed by atoms with Crippen LogP contribution in [0.5, 0.6) is 0 Å². The zero-order valence-electron chi connectivity index (χ0n) is 18.4. The van der Waals surface area contributed by atoms with Crippen molar-refractivity contribution in [2.75, 3.05) is 12.8 Å². The molecule has 2 heterocycles. The van der Waals surface area contributed by atoms with Crippen molar-refractivity contribution >= 4 is 33.3 Å². The van der Waals surface area contributed by atoms with Gasteiger partial charge in [-0.25, -0.2) is 22.2 Å². The standard InChI is InChI=1S/C23H24ClF2N3O4S/c1-34(32,33)20-8-7-14(12-27-20)23(31)29-9-3-2-4-19(29)22(30)28-21(13-5-6-13)15-10-18(26)16(24)11-17(15)25/h7-8,10-13,19,21H,2-6,9H2,1H3,(H,28,30)/t19-,21?/m1/s1. The number of pyridine rings is 1. The highest BCUT2D eigenvalue weighted by atomic mass is 35.5. The number of benzene rings is 1. The molecule has 1 saturated carbocycles. The molecular formula is C23H24ClF2N3O4S. The number of likely N-dealkylation sites (tertiary alicyclic amines) is 1. The average Bonchev–Trinajstić information content (AvgIpc) is 3.64. The van der Waals surface area contributed by atoms with E-state index in [1.54, 1.807) is 0 Å². The number of rotatable bonds is 6. The van der Waals surface area contributed by atoms with E-state index in [-0.39, 0.29) is 27.1 Å². The van der Waals surface area contributed by atoms with Crippen molar-refractivity contribution in [3.8, 4) is 0 Å². The first kappa shape index (κ1) is 24.5. The predicted molar refractivity (Wildman–Crippen MR) is 121 cm³/mol. The molecule has 0 spiro atoms. The minimum absolute atomic E-state index is 0.0282. The first-order chi connectivity index (χ1) is 16.1. The van der Waals surface area contributed by atoms with Gasteiger partial charge >= 0.3 is 0 Å². The first-order valence-electron chi connectivity index (χ1n) is 11.0. The lowest BCUT2D eigenvalue weighted by Crippen LogP contribution is -2.52. The number of piperidine rings is 1. The Morgan fingerprint density at radius 3 is 2.50 bits per heavy atom. The molecule has 11 heteroatoms. The molecule has 1 saturated heterocycles. The van der Waals surface area contributed by atoms with E-state index in [4.69, 9.17) is 11.6 Å². The number of sulfone groups is 1. The summed E-state index contributed by atoms with van der Waals surface area (Å²) in [5.74, 6) is -2.38. The fraction of sp³-hybridized carbons (Fsp3) is 0.435. The van der Waals surface area contributed by atoms with Gasteiger partial charge in [-0.15, -0.1) is 0 Å². The maximum atomic E-state index is 14.6. The van der Waals surface area contributed by atoms with Crippen molar-refractivity contribution in [1.82, 2.24) is 15.2 Å². The number of nitrogens with zero attached hydrogens (tertiary/aromatic N) is 2. The van der Waals surface area contributed by atoms with Crippen molar-refractivity contribution < 1.29 is 26.8 Å². The maximum Gasteiger partial charge on any atom is 0.256 e. The number of amides is 2. The summed E-state index contributed by atoms with van der Waals surface area (Å²) < 4.78 is 51.9. The minimum atomic E-state index is -3.51. The van der Waals surface area contributed by atoms with Crippen molar-refractivity contribution in [2.45, 2.75) is 49.2 Å². The Labute approximate surface area is 201 Å². The van der Waals surface area contributed by atoms with E-state index in [0.717, 1.165) is 37.7 Å². The van der Waals surface area contributed by atoms with E-state index in [1.165, 1.54) is 23.2 Å². The Kier molecular flexibility index (Phi) is 6.91. The maximum absolute atomic E-state index is 14.6. The zero-order chi connectivity index (χ0) is 24.6. The molecule has 1 aliphatic heterocycles. The van der Waals surface area contributed by atoms with Crippen LogP contribution in [0.3, 0.4) is 0 Å². The van der Waals surface area contributed by atoms with E-state index < -0.39 is 45.4 Å². The molecule has 4 rings (SSSR count). The molecule has 1 aromatic heterocycles. The van der Waals surface area contributed by atoms with Gasteiger partial charge in [0, 0.05) is 24.6 Å². The first-order valence-corrected chi connectivity index (χ1v) is 13.2. The molecule has 0 radical (unpaired) electrons. The van der Waals surface area contributed by atoms with Gasteiger partial charge in [0.1, 0.15) is 17.7 Å². The van der Waals surface area contributed by atoms with Gasteiger partial charge in [-0.3, -0.25) is 9.59 Å². The van der Waals surface area contributed by atoms with Crippen LogP contribution in [0.4, 0.5) is 8.78 Å². The predicted octanol–water partition coefficient (Wildman–Crippen LogP) is 3.68. The van der Waals surface area contributed by atoms with Gasteiger partial charge in [0.2, 0.25) is 5.91 Å². The highest BCUT2D eigenvalue weighted by Crippen LogP contribution is 2.42. The van der Waals surface area contributed by atoms with Crippen LogP contribution in [0.2, 0.25) is 5.02 Å². The molecular weight excluding hydrogens is 488 g/mol. The summed E-state index contributed by atoms with van der Waals surface area (Å²) >= 11 is 5.68. The smallest absolute Gasteiger partial charge is 0.256 e. The number of hydrogen-bond donors (Lipinski definition) is 1. The quantitative estimate of drug-likeness (QED) is 0.597. The number of nitrogens with one attached hydrogen (secondary N) is 1. The molecule has 1 unspecified atom stereocenters. The third-order valence-corrected chi connectivity index (χ3v) is 7.49. The lowest BCUT2D eigenvalue weighted by Gasteiger charge is -2.35. The van der Waals surface area contributed by atoms with Crippen LogP contribution in [0.1, 0.15) is 54.1 Å². The van der Waals surface area contributed by atoms with Crippen LogP contribution in [0, 0.1) is 17.6 Å². The Morgan fingerprint density at radius 2 is 1.88 bits per heavy atom. The van der Waals surface area contributed by atoms with Gasteiger partial charge in [-0.05, 0) is 62.3 Å². The molecule has 1 aromatic carbocycles. The third kappa shape index (κ3) is 5.22. The molecule has 1 aliphatic carbocycles. The summed E-state index contributed by atoms with van der Waals surface area (Å²) in [5.41, 5.74) is 0.198. The summed E-state index contributed by atoms with van der Waals surface area (Å²) in [6.45, 7) is 0.336. The van der Waals surface area contributed by atoms with E-state index in [0.29, 0.717) is 19.4 Å². The highest BCUT2D eigenvalue weighted by molar-refractivity contribution is 7.90. The van der Waals surface area contributed by atoms with Crippen LogP contribution in [0.25, 0.3) is 0 Å². The van der Waals surface area contributed by atoms with Crippen LogP contribution in [-0.4, -0.2) is 49.0 Å². The monoisotopic (exact) mass is 511 g/mol. The van der Waals surface area contributed by atoms with Crippen LogP contribution in [0.15, 0.2) is 35.5 Å². The van der Waals surface area contributed by atoms with Gasteiger partial charge in [0.25, 0.3) is 5.91 Å². The van der Waals surface area contributed by atoms with E-state index in [1.807, 2.05) is 0 Å². The van der Waals surface area contributed by atoms with Gasteiger partial charge in [-0.1, -0.05) is 11.6 Å². The van der Waals surface area contributed by atoms with Crippen molar-refractivity contribution in [3.05, 3.63) is 58.2 Å². The fourth-order valence-corrected chi connectivity index (χ4v) is 4.95. The van der Waals surface area contributed by atoms with Crippen molar-refractivity contribution in [3.63, 3.8) is 0 Å². The van der Waals surface area contributed by atoms with E-state index >= 15 is 0 Å². The lowest BCUT2D eigenvalue weighted by atomic mass is 9.97. The number of carbonyl (C=O) groups is 2. The molecule has 2 aliphatic rings. The van der Waals surface area contributed by atoms with Gasteiger partial charge in [-0.2, -0.15) is 0 Å². The highest BCUT2D eigenvalue weighted by Gasteiger charge is 2.39. The number of aromatic nitrogens is 1. The fourth-order valence-electron chi connectivity index (χ4n) is 4.24. The zero-order valence-corrected chi connectivity index (χ0v) is 20.0. The Balaban J connectivity index is 1.55. The van der Waals surface area contributed by atoms with Crippen LogP contribution >= 0.6 is 11.6 Å². The molecule has 7 nitrogen and oxygen atoms in total. The van der Waals surface area contributed by atoms with Crippen LogP contribution in [-0.2, 0) is 14.6 Å². The Bertz CT molecular complexity index is 1220. The summed E-state index contributed by atoms with van der Waals surface area (Å²) in [6.07, 6.45) is 5.58. The second-order valence-electron chi connectivity index (χ2n) is 8.78. The molecule has 2 atom stereocenters. The summed E-state index contributed by atoms with van der Waals surface area (Å²) in [5, 5.41) is 2.36. The topological polar surface area (TPSA) is 96.4 Å². The summed E-state index contributed by atoms with van der Waals surface area (Å²) in [6, 6.07) is 3.01. The Hall–Kier alpha value is -2.59. The van der Waals surface area contributed by atoms with E-state index in [2.05, 4.69) is 10.3 Å². The number of hydrogen-bond acceptors (Lipinski definition) is 5. The van der Waals surface area contributed by atoms with E-state index in [9.17, 15) is 26.8 Å². The number of halogens is 3. The lowest BCUT2D eigenvalue weighted by molar-refractivity contribution is -0.127. The normalized spacial score (nSPS) is 19.5. The summed E-state index contributed by atoms with van der Waals surface area (Å²) in [7, 11) is -3.51. The number of carbonyl (C=O) groups excluding carboxylic acids is 2. The second-order valence-corrected chi connectivity index (χ2v) is 11.1. The molecule has 0 bridgehead atoms. The molecule has 34 heavy (non-hydrogen) atoms. The van der Waals surface area contributed by atoms with Gasteiger partial charge < -0.3 is 10.2 Å².